The van der Waals surface area contributed by atoms with E-state index in [1.165, 1.54) is 4.90 Å². The van der Waals surface area contributed by atoms with E-state index in [1.54, 1.807) is 24.3 Å². The number of benzene rings is 1. The zero-order chi connectivity index (χ0) is 18.1. The van der Waals surface area contributed by atoms with Crippen molar-refractivity contribution in [2.45, 2.75) is 32.1 Å². The number of ether oxygens (including phenoxy) is 1. The minimum atomic E-state index is -0.588. The first kappa shape index (κ1) is 18.5. The van der Waals surface area contributed by atoms with Gasteiger partial charge < -0.3 is 15.0 Å². The Balaban J connectivity index is 1.74. The Hall–Kier alpha value is -2.88. The second-order valence-corrected chi connectivity index (χ2v) is 5.87. The topological polar surface area (TPSA) is 99.5 Å². The summed E-state index contributed by atoms with van der Waals surface area (Å²) in [6.45, 7) is 0.0327. The molecule has 2 rings (SSSR count). The summed E-state index contributed by atoms with van der Waals surface area (Å²) in [5.41, 5.74) is 1.42. The van der Waals surface area contributed by atoms with Crippen LogP contribution in [0.25, 0.3) is 0 Å². The van der Waals surface area contributed by atoms with Crippen LogP contribution in [0, 0.1) is 11.3 Å². The highest BCUT2D eigenvalue weighted by atomic mass is 16.5. The van der Waals surface area contributed by atoms with Gasteiger partial charge in [0.1, 0.15) is 6.54 Å². The predicted octanol–water partition coefficient (Wildman–Crippen LogP) is 1.64. The number of nitriles is 1. The normalized spacial score (nSPS) is 14.4. The number of nitrogens with zero attached hydrogens (tertiary/aromatic N) is 2. The van der Waals surface area contributed by atoms with E-state index < -0.39 is 18.5 Å². The lowest BCUT2D eigenvalue weighted by atomic mass is 10.1. The van der Waals surface area contributed by atoms with Crippen LogP contribution in [0.3, 0.4) is 0 Å². The molecule has 0 radical (unpaired) electrons. The smallest absolute Gasteiger partial charge is 0.326 e. The van der Waals surface area contributed by atoms with Gasteiger partial charge >= 0.3 is 5.97 Å². The fourth-order valence-corrected chi connectivity index (χ4v) is 2.55. The Kier molecular flexibility index (Phi) is 6.96. The van der Waals surface area contributed by atoms with Gasteiger partial charge in [-0.1, -0.05) is 18.6 Å². The largest absolute Gasteiger partial charge is 0.454 e. The molecule has 0 saturated carbocycles. The fourth-order valence-electron chi connectivity index (χ4n) is 2.55. The first-order valence-corrected chi connectivity index (χ1v) is 8.27. The maximum Gasteiger partial charge on any atom is 0.326 e. The van der Waals surface area contributed by atoms with Crippen LogP contribution in [0.2, 0.25) is 0 Å². The minimum Gasteiger partial charge on any atom is -0.454 e. The molecule has 1 aromatic rings. The first-order chi connectivity index (χ1) is 12.1. The summed E-state index contributed by atoms with van der Waals surface area (Å²) in [6.07, 6.45) is 3.46. The zero-order valence-corrected chi connectivity index (χ0v) is 14.0. The maximum absolute atomic E-state index is 11.8. The molecule has 1 N–H and O–H groups in total. The summed E-state index contributed by atoms with van der Waals surface area (Å²) in [7, 11) is 0. The summed E-state index contributed by atoms with van der Waals surface area (Å²) in [5.74, 6) is -1.09. The van der Waals surface area contributed by atoms with Crippen molar-refractivity contribution in [1.82, 2.24) is 4.90 Å². The SMILES string of the molecule is N#CCc1ccc(NC(=O)COC(=O)CN2CCCCCC2=O)cc1. The van der Waals surface area contributed by atoms with Gasteiger partial charge in [-0.15, -0.1) is 0 Å². The van der Waals surface area contributed by atoms with Crippen molar-refractivity contribution in [2.24, 2.45) is 0 Å². The van der Waals surface area contributed by atoms with E-state index in [0.29, 0.717) is 25.1 Å². The summed E-state index contributed by atoms with van der Waals surface area (Å²) in [5, 5.41) is 11.2. The van der Waals surface area contributed by atoms with Crippen LogP contribution in [-0.4, -0.2) is 42.4 Å². The lowest BCUT2D eigenvalue weighted by Crippen LogP contribution is -2.36. The average Bonchev–Trinajstić information content (AvgIpc) is 2.80. The molecule has 0 atom stereocenters. The number of anilines is 1. The quantitative estimate of drug-likeness (QED) is 0.792. The number of rotatable bonds is 6. The summed E-state index contributed by atoms with van der Waals surface area (Å²) in [6, 6.07) is 8.90. The molecule has 1 fully saturated rings. The Morgan fingerprint density at radius 1 is 1.20 bits per heavy atom. The number of nitrogens with one attached hydrogen (secondary N) is 1. The summed E-state index contributed by atoms with van der Waals surface area (Å²) >= 11 is 0. The van der Waals surface area contributed by atoms with Crippen LogP contribution < -0.4 is 5.32 Å². The molecule has 1 heterocycles. The van der Waals surface area contributed by atoms with Gasteiger partial charge in [-0.25, -0.2) is 0 Å². The molecule has 2 amide bonds. The van der Waals surface area contributed by atoms with Crippen molar-refractivity contribution in [3.05, 3.63) is 29.8 Å². The number of carbonyl (C=O) groups excluding carboxylic acids is 3. The molecule has 25 heavy (non-hydrogen) atoms. The van der Waals surface area contributed by atoms with Gasteiger partial charge in [0.2, 0.25) is 5.91 Å². The van der Waals surface area contributed by atoms with Crippen LogP contribution in [0.4, 0.5) is 5.69 Å². The minimum absolute atomic E-state index is 0.0450. The third-order valence-corrected chi connectivity index (χ3v) is 3.88. The van der Waals surface area contributed by atoms with Crippen molar-refractivity contribution in [2.75, 3.05) is 25.0 Å². The molecular weight excluding hydrogens is 322 g/mol. The molecule has 1 aliphatic heterocycles. The number of carbonyl (C=O) groups is 3. The van der Waals surface area contributed by atoms with E-state index >= 15 is 0 Å². The third kappa shape index (κ3) is 6.26. The van der Waals surface area contributed by atoms with Crippen molar-refractivity contribution in [3.8, 4) is 6.07 Å². The second kappa shape index (κ2) is 9.42. The van der Waals surface area contributed by atoms with Crippen LogP contribution >= 0.6 is 0 Å². The van der Waals surface area contributed by atoms with Crippen LogP contribution in [-0.2, 0) is 25.5 Å². The molecule has 0 unspecified atom stereocenters. The Morgan fingerprint density at radius 3 is 2.68 bits per heavy atom. The Bertz CT molecular complexity index is 664. The van der Waals surface area contributed by atoms with Gasteiger partial charge in [0.05, 0.1) is 12.5 Å². The highest BCUT2D eigenvalue weighted by molar-refractivity contribution is 5.93. The molecule has 7 nitrogen and oxygen atoms in total. The molecule has 0 spiro atoms. The van der Waals surface area contributed by atoms with Crippen molar-refractivity contribution < 1.29 is 19.1 Å². The fraction of sp³-hybridized carbons (Fsp3) is 0.444. The third-order valence-electron chi connectivity index (χ3n) is 3.88. The van der Waals surface area contributed by atoms with E-state index in [1.807, 2.05) is 6.07 Å². The molecule has 1 saturated heterocycles. The highest BCUT2D eigenvalue weighted by Crippen LogP contribution is 2.11. The molecule has 132 valence electrons. The van der Waals surface area contributed by atoms with Crippen molar-refractivity contribution in [1.29, 1.82) is 5.26 Å². The number of esters is 1. The maximum atomic E-state index is 11.8. The van der Waals surface area contributed by atoms with Gasteiger partial charge in [-0.3, -0.25) is 14.4 Å². The molecule has 7 heteroatoms. The number of amides is 2. The number of likely N-dealkylation sites (tertiary alicyclic amines) is 1. The number of hydrogen-bond donors (Lipinski definition) is 1. The molecule has 0 aliphatic carbocycles. The average molecular weight is 343 g/mol. The Morgan fingerprint density at radius 2 is 1.96 bits per heavy atom. The summed E-state index contributed by atoms with van der Waals surface area (Å²) < 4.78 is 4.94. The van der Waals surface area contributed by atoms with Gasteiger partial charge in [-0.05, 0) is 30.5 Å². The van der Waals surface area contributed by atoms with E-state index in [9.17, 15) is 14.4 Å². The van der Waals surface area contributed by atoms with Gasteiger partial charge in [0.15, 0.2) is 6.61 Å². The van der Waals surface area contributed by atoms with Gasteiger partial charge in [-0.2, -0.15) is 5.26 Å². The second-order valence-electron chi connectivity index (χ2n) is 5.87. The predicted molar refractivity (Wildman–Crippen MR) is 90.4 cm³/mol. The molecule has 1 aliphatic rings. The van der Waals surface area contributed by atoms with Gasteiger partial charge in [0, 0.05) is 18.7 Å². The lowest BCUT2D eigenvalue weighted by Gasteiger charge is -2.19. The zero-order valence-electron chi connectivity index (χ0n) is 14.0. The summed E-state index contributed by atoms with van der Waals surface area (Å²) in [4.78, 5) is 36.9. The number of hydrogen-bond acceptors (Lipinski definition) is 5. The van der Waals surface area contributed by atoms with E-state index in [4.69, 9.17) is 10.00 Å². The van der Waals surface area contributed by atoms with Crippen LogP contribution in [0.1, 0.15) is 31.2 Å². The molecule has 1 aromatic carbocycles. The monoisotopic (exact) mass is 343 g/mol. The lowest BCUT2D eigenvalue weighted by molar-refractivity contribution is -0.151. The Labute approximate surface area is 146 Å². The van der Waals surface area contributed by atoms with Crippen LogP contribution in [0.5, 0.6) is 0 Å². The van der Waals surface area contributed by atoms with Crippen molar-refractivity contribution >= 4 is 23.5 Å². The van der Waals surface area contributed by atoms with Crippen molar-refractivity contribution in [3.63, 3.8) is 0 Å². The standard InChI is InChI=1S/C18H21N3O4/c19-10-9-14-5-7-15(8-6-14)20-16(22)13-25-18(24)12-21-11-3-1-2-4-17(21)23/h5-8H,1-4,9,11-13H2,(H,20,22). The highest BCUT2D eigenvalue weighted by Gasteiger charge is 2.20. The van der Waals surface area contributed by atoms with E-state index in [2.05, 4.69) is 5.32 Å². The van der Waals surface area contributed by atoms with Gasteiger partial charge in [0.25, 0.3) is 5.91 Å². The van der Waals surface area contributed by atoms with E-state index in [-0.39, 0.29) is 12.5 Å². The first-order valence-electron chi connectivity index (χ1n) is 8.27. The molecular formula is C18H21N3O4. The molecule has 0 bridgehead atoms. The van der Waals surface area contributed by atoms with Crippen LogP contribution in [0.15, 0.2) is 24.3 Å². The van der Waals surface area contributed by atoms with E-state index in [0.717, 1.165) is 24.8 Å². The molecule has 0 aromatic heterocycles.